The molecule has 3 rings (SSSR count). The Labute approximate surface area is 149 Å². The van der Waals surface area contributed by atoms with Gasteiger partial charge in [0.2, 0.25) is 0 Å². The first-order valence-corrected chi connectivity index (χ1v) is 9.74. The fourth-order valence-corrected chi connectivity index (χ4v) is 3.97. The van der Waals surface area contributed by atoms with Gasteiger partial charge in [0.15, 0.2) is 0 Å². The van der Waals surface area contributed by atoms with Crippen LogP contribution in [0, 0.1) is 0 Å². The smallest absolute Gasteiger partial charge is 0.406 e. The van der Waals surface area contributed by atoms with E-state index in [1.807, 2.05) is 0 Å². The summed E-state index contributed by atoms with van der Waals surface area (Å²) in [6, 6.07) is 8.51. The molecule has 140 valence electrons. The van der Waals surface area contributed by atoms with Crippen molar-refractivity contribution in [2.24, 2.45) is 0 Å². The fourth-order valence-electron chi connectivity index (χ4n) is 3.46. The second kappa shape index (κ2) is 6.42. The molecule has 1 aromatic heterocycles. The number of phosphoric ester groups is 1. The minimum Gasteiger partial charge on any atom is -0.406 e. The van der Waals surface area contributed by atoms with Crippen LogP contribution in [0.1, 0.15) is 26.7 Å². The molecule has 0 bridgehead atoms. The second-order valence-corrected chi connectivity index (χ2v) is 7.18. The van der Waals surface area contributed by atoms with Gasteiger partial charge < -0.3 is 4.52 Å². The molecule has 0 unspecified atom stereocenters. The molecule has 2 aromatic rings. The van der Waals surface area contributed by atoms with Gasteiger partial charge in [-0.15, -0.1) is 0 Å². The molecule has 0 radical (unpaired) electrons. The molecule has 0 aliphatic carbocycles. The van der Waals surface area contributed by atoms with Crippen LogP contribution in [0.3, 0.4) is 0 Å². The lowest BCUT2D eigenvalue weighted by Crippen LogP contribution is -2.48. The molecule has 0 fully saturated rings. The second-order valence-electron chi connectivity index (χ2n) is 6.02. The lowest BCUT2D eigenvalue weighted by Gasteiger charge is -2.38. The summed E-state index contributed by atoms with van der Waals surface area (Å²) in [5, 5.41) is 0. The third-order valence-corrected chi connectivity index (χ3v) is 5.18. The normalized spacial score (nSPS) is 16.1. The van der Waals surface area contributed by atoms with Gasteiger partial charge in [0.1, 0.15) is 11.3 Å². The zero-order valence-electron chi connectivity index (χ0n) is 14.4. The summed E-state index contributed by atoms with van der Waals surface area (Å²) < 4.78 is 19.8. The number of rotatable bonds is 5. The van der Waals surface area contributed by atoms with Gasteiger partial charge in [-0.25, -0.2) is 28.1 Å². The van der Waals surface area contributed by atoms with Crippen molar-refractivity contribution in [1.82, 2.24) is 13.9 Å². The third-order valence-electron chi connectivity index (χ3n) is 4.74. The predicted molar refractivity (Wildman–Crippen MR) is 94.1 cm³/mol. The molecule has 26 heavy (non-hydrogen) atoms. The van der Waals surface area contributed by atoms with Gasteiger partial charge in [-0.2, -0.15) is 0 Å². The van der Waals surface area contributed by atoms with Crippen molar-refractivity contribution in [3.63, 3.8) is 0 Å². The number of hydrogen-bond donors (Lipinski definition) is 2. The highest BCUT2D eigenvalue weighted by atomic mass is 31.2. The Morgan fingerprint density at radius 3 is 2.27 bits per heavy atom. The fraction of sp³-hybridized carbons (Fsp3) is 0.375. The van der Waals surface area contributed by atoms with E-state index in [0.717, 1.165) is 4.57 Å². The third kappa shape index (κ3) is 2.78. The van der Waals surface area contributed by atoms with E-state index in [1.165, 1.54) is 15.4 Å². The van der Waals surface area contributed by atoms with Gasteiger partial charge >= 0.3 is 19.2 Å². The molecule has 0 saturated heterocycles. The quantitative estimate of drug-likeness (QED) is 0.755. The summed E-state index contributed by atoms with van der Waals surface area (Å²) in [4.78, 5) is 44.4. The minimum absolute atomic E-state index is 0.00291. The molecule has 1 aromatic carbocycles. The summed E-state index contributed by atoms with van der Waals surface area (Å²) in [6.45, 7) is 3.52. The van der Waals surface area contributed by atoms with Crippen molar-refractivity contribution >= 4 is 7.82 Å². The van der Waals surface area contributed by atoms with Crippen LogP contribution in [-0.4, -0.2) is 23.7 Å². The number of allylic oxidation sites excluding steroid dienone is 2. The van der Waals surface area contributed by atoms with Gasteiger partial charge in [0, 0.05) is 0 Å². The van der Waals surface area contributed by atoms with Crippen molar-refractivity contribution in [1.29, 1.82) is 0 Å². The number of para-hydroxylation sites is 1. The van der Waals surface area contributed by atoms with E-state index in [9.17, 15) is 23.9 Å². The summed E-state index contributed by atoms with van der Waals surface area (Å²) in [5.74, 6) is 0.00291. The SMILES string of the molecule is CCC1(CC)C(OP(=O)(O)O)=CCn2c(=O)n(-c3ccccc3)c(=O)n21. The number of hydrogen-bond acceptors (Lipinski definition) is 4. The average molecular weight is 381 g/mol. The first-order chi connectivity index (χ1) is 12.2. The van der Waals surface area contributed by atoms with E-state index in [2.05, 4.69) is 0 Å². The van der Waals surface area contributed by atoms with Crippen molar-refractivity contribution < 1.29 is 18.9 Å². The van der Waals surface area contributed by atoms with Crippen molar-refractivity contribution in [3.8, 4) is 5.69 Å². The average Bonchev–Trinajstić information content (AvgIpc) is 2.86. The van der Waals surface area contributed by atoms with Crippen LogP contribution < -0.4 is 11.4 Å². The summed E-state index contributed by atoms with van der Waals surface area (Å²) in [5.41, 5.74) is -1.82. The summed E-state index contributed by atoms with van der Waals surface area (Å²) in [6.07, 6.45) is 2.07. The molecule has 2 heterocycles. The Bertz CT molecular complexity index is 1010. The first kappa shape index (κ1) is 18.4. The van der Waals surface area contributed by atoms with Crippen LogP contribution >= 0.6 is 7.82 Å². The molecular weight excluding hydrogens is 361 g/mol. The van der Waals surface area contributed by atoms with Crippen LogP contribution in [0.4, 0.5) is 0 Å². The Kier molecular flexibility index (Phi) is 4.56. The monoisotopic (exact) mass is 381 g/mol. The van der Waals surface area contributed by atoms with Crippen LogP contribution in [0.15, 0.2) is 51.8 Å². The highest BCUT2D eigenvalue weighted by Gasteiger charge is 2.44. The van der Waals surface area contributed by atoms with Crippen LogP contribution in [-0.2, 0) is 21.2 Å². The number of nitrogens with zero attached hydrogens (tertiary/aromatic N) is 3. The molecule has 1 aliphatic heterocycles. The predicted octanol–water partition coefficient (Wildman–Crippen LogP) is 1.32. The van der Waals surface area contributed by atoms with Gasteiger partial charge in [0.25, 0.3) is 0 Å². The zero-order chi connectivity index (χ0) is 19.1. The maximum Gasteiger partial charge on any atom is 0.524 e. The Balaban J connectivity index is 2.27. The standard InChI is InChI=1S/C16H20N3O6P/c1-3-16(4-2)13(25-26(22,23)24)10-11-17-14(20)18(15(21)19(16)17)12-8-6-5-7-9-12/h5-10H,3-4,11H2,1-2H3,(H2,22,23,24). The van der Waals surface area contributed by atoms with Crippen LogP contribution in [0.25, 0.3) is 5.69 Å². The highest BCUT2D eigenvalue weighted by Crippen LogP contribution is 2.46. The molecule has 0 saturated carbocycles. The minimum atomic E-state index is -4.81. The van der Waals surface area contributed by atoms with Gasteiger partial charge in [-0.05, 0) is 31.1 Å². The van der Waals surface area contributed by atoms with Crippen LogP contribution in [0.2, 0.25) is 0 Å². The number of aromatic nitrogens is 3. The molecule has 10 heteroatoms. The lowest BCUT2D eigenvalue weighted by atomic mass is 9.89. The maximum atomic E-state index is 13.1. The molecular formula is C16H20N3O6P. The molecule has 0 atom stereocenters. The van der Waals surface area contributed by atoms with E-state index in [0.29, 0.717) is 18.5 Å². The van der Waals surface area contributed by atoms with Crippen molar-refractivity contribution in [2.45, 2.75) is 38.8 Å². The zero-order valence-corrected chi connectivity index (χ0v) is 15.3. The Morgan fingerprint density at radius 1 is 1.12 bits per heavy atom. The van der Waals surface area contributed by atoms with Crippen molar-refractivity contribution in [2.75, 3.05) is 0 Å². The molecule has 0 spiro atoms. The van der Waals surface area contributed by atoms with E-state index in [-0.39, 0.29) is 12.3 Å². The summed E-state index contributed by atoms with van der Waals surface area (Å²) in [7, 11) is -4.81. The lowest BCUT2D eigenvalue weighted by molar-refractivity contribution is 0.130. The largest absolute Gasteiger partial charge is 0.524 e. The molecule has 9 nitrogen and oxygen atoms in total. The molecule has 0 amide bonds. The Morgan fingerprint density at radius 2 is 1.73 bits per heavy atom. The maximum absolute atomic E-state index is 13.1. The Hall–Kier alpha value is -2.35. The number of phosphoric acid groups is 1. The first-order valence-electron chi connectivity index (χ1n) is 8.21. The van der Waals surface area contributed by atoms with Crippen LogP contribution in [0.5, 0.6) is 0 Å². The van der Waals surface area contributed by atoms with Gasteiger partial charge in [0.05, 0.1) is 12.2 Å². The van der Waals surface area contributed by atoms with E-state index in [1.54, 1.807) is 44.2 Å². The highest BCUT2D eigenvalue weighted by molar-refractivity contribution is 7.46. The van der Waals surface area contributed by atoms with E-state index < -0.39 is 24.7 Å². The van der Waals surface area contributed by atoms with Gasteiger partial charge in [-0.1, -0.05) is 32.0 Å². The van der Waals surface area contributed by atoms with E-state index >= 15 is 0 Å². The number of fused-ring (bicyclic) bond motifs is 1. The van der Waals surface area contributed by atoms with Crippen molar-refractivity contribution in [3.05, 3.63) is 63.1 Å². The molecule has 1 aliphatic rings. The van der Waals surface area contributed by atoms with E-state index in [4.69, 9.17) is 4.52 Å². The number of benzene rings is 1. The summed E-state index contributed by atoms with van der Waals surface area (Å²) >= 11 is 0. The topological polar surface area (TPSA) is 116 Å². The molecule has 2 N–H and O–H groups in total. The van der Waals surface area contributed by atoms with Gasteiger partial charge in [-0.3, -0.25) is 9.79 Å².